The maximum absolute atomic E-state index is 13.1. The standard InChI is InChI=1S/C23H28N4O3/c28-22-12-17(14-27(22)18-5-1-2-6-18)23(29)26-11-9-20-19(15-26)25-21(30-20)8-7-16-4-3-10-24-13-16/h3-4,10,13,17-18H,1-2,5-9,11-12,14-15H2. The van der Waals surface area contributed by atoms with E-state index in [-0.39, 0.29) is 17.7 Å². The summed E-state index contributed by atoms with van der Waals surface area (Å²) in [5.74, 6) is 1.65. The zero-order valence-corrected chi connectivity index (χ0v) is 17.3. The molecule has 0 aromatic carbocycles. The number of carbonyl (C=O) groups is 2. The second-order valence-corrected chi connectivity index (χ2v) is 8.73. The maximum atomic E-state index is 13.1. The van der Waals surface area contributed by atoms with E-state index in [9.17, 15) is 9.59 Å². The van der Waals surface area contributed by atoms with E-state index in [4.69, 9.17) is 4.42 Å². The van der Waals surface area contributed by atoms with Crippen molar-refractivity contribution in [2.75, 3.05) is 13.1 Å². The zero-order valence-electron chi connectivity index (χ0n) is 17.3. The molecule has 158 valence electrons. The van der Waals surface area contributed by atoms with Gasteiger partial charge in [-0.3, -0.25) is 14.6 Å². The van der Waals surface area contributed by atoms with Crippen molar-refractivity contribution < 1.29 is 14.0 Å². The maximum Gasteiger partial charge on any atom is 0.228 e. The van der Waals surface area contributed by atoms with Gasteiger partial charge in [0.2, 0.25) is 11.8 Å². The van der Waals surface area contributed by atoms with E-state index >= 15 is 0 Å². The van der Waals surface area contributed by atoms with E-state index < -0.39 is 0 Å². The SMILES string of the molecule is O=C(C1CC(=O)N(C2CCCC2)C1)N1CCc2oc(CCc3cccnc3)nc2C1. The molecule has 1 unspecified atom stereocenters. The Morgan fingerprint density at radius 2 is 2.10 bits per heavy atom. The number of aryl methyl sites for hydroxylation is 2. The minimum absolute atomic E-state index is 0.0920. The van der Waals surface area contributed by atoms with Crippen LogP contribution in [0.5, 0.6) is 0 Å². The van der Waals surface area contributed by atoms with Crippen LogP contribution in [-0.2, 0) is 35.4 Å². The van der Waals surface area contributed by atoms with Crippen LogP contribution in [0.4, 0.5) is 0 Å². The van der Waals surface area contributed by atoms with Crippen LogP contribution in [0.25, 0.3) is 0 Å². The van der Waals surface area contributed by atoms with Crippen LogP contribution in [0, 0.1) is 5.92 Å². The second kappa shape index (κ2) is 8.20. The lowest BCUT2D eigenvalue weighted by atomic mass is 10.0. The van der Waals surface area contributed by atoms with Gasteiger partial charge in [0.1, 0.15) is 11.5 Å². The first kappa shape index (κ1) is 19.3. The normalized spacial score (nSPS) is 22.0. The number of oxazole rings is 1. The van der Waals surface area contributed by atoms with Gasteiger partial charge in [-0.05, 0) is 30.9 Å². The monoisotopic (exact) mass is 408 g/mol. The van der Waals surface area contributed by atoms with Crippen molar-refractivity contribution in [3.63, 3.8) is 0 Å². The molecule has 7 heteroatoms. The lowest BCUT2D eigenvalue weighted by Gasteiger charge is -2.28. The average molecular weight is 409 g/mol. The summed E-state index contributed by atoms with van der Waals surface area (Å²) in [7, 11) is 0. The van der Waals surface area contributed by atoms with Crippen LogP contribution in [0.3, 0.4) is 0 Å². The smallest absolute Gasteiger partial charge is 0.228 e. The summed E-state index contributed by atoms with van der Waals surface area (Å²) in [6.45, 7) is 1.71. The first-order valence-electron chi connectivity index (χ1n) is 11.1. The van der Waals surface area contributed by atoms with Gasteiger partial charge in [0.15, 0.2) is 5.89 Å². The Morgan fingerprint density at radius 3 is 2.90 bits per heavy atom. The van der Waals surface area contributed by atoms with Crippen LogP contribution in [0.15, 0.2) is 28.9 Å². The van der Waals surface area contributed by atoms with Crippen molar-refractivity contribution >= 4 is 11.8 Å². The van der Waals surface area contributed by atoms with E-state index in [0.29, 0.717) is 38.5 Å². The molecule has 2 aromatic rings. The number of fused-ring (bicyclic) bond motifs is 1. The molecule has 0 spiro atoms. The van der Waals surface area contributed by atoms with E-state index in [1.807, 2.05) is 28.1 Å². The quantitative estimate of drug-likeness (QED) is 0.760. The van der Waals surface area contributed by atoms with E-state index in [0.717, 1.165) is 48.6 Å². The van der Waals surface area contributed by atoms with Gasteiger partial charge in [-0.1, -0.05) is 18.9 Å². The first-order valence-corrected chi connectivity index (χ1v) is 11.1. The molecule has 1 aliphatic carbocycles. The molecule has 0 radical (unpaired) electrons. The van der Waals surface area contributed by atoms with Crippen molar-refractivity contribution in [1.82, 2.24) is 19.8 Å². The molecule has 3 aliphatic rings. The number of likely N-dealkylation sites (tertiary alicyclic amines) is 1. The van der Waals surface area contributed by atoms with E-state index in [2.05, 4.69) is 9.97 Å². The molecule has 1 atom stereocenters. The fraction of sp³-hybridized carbons (Fsp3) is 0.565. The molecule has 30 heavy (non-hydrogen) atoms. The highest BCUT2D eigenvalue weighted by atomic mass is 16.4. The summed E-state index contributed by atoms with van der Waals surface area (Å²) in [5.41, 5.74) is 2.02. The Kier molecular flexibility index (Phi) is 5.27. The number of nitrogens with zero attached hydrogens (tertiary/aromatic N) is 4. The highest BCUT2D eigenvalue weighted by molar-refractivity contribution is 5.89. The van der Waals surface area contributed by atoms with E-state index in [1.165, 1.54) is 12.8 Å². The van der Waals surface area contributed by atoms with Crippen LogP contribution >= 0.6 is 0 Å². The van der Waals surface area contributed by atoms with Gasteiger partial charge in [-0.25, -0.2) is 4.98 Å². The van der Waals surface area contributed by atoms with Gasteiger partial charge < -0.3 is 14.2 Å². The van der Waals surface area contributed by atoms with Crippen molar-refractivity contribution in [1.29, 1.82) is 0 Å². The number of carbonyl (C=O) groups excluding carboxylic acids is 2. The molecule has 7 nitrogen and oxygen atoms in total. The third-order valence-corrected chi connectivity index (χ3v) is 6.71. The molecular formula is C23H28N4O3. The van der Waals surface area contributed by atoms with Crippen LogP contribution < -0.4 is 0 Å². The Morgan fingerprint density at radius 1 is 1.23 bits per heavy atom. The van der Waals surface area contributed by atoms with Crippen LogP contribution in [-0.4, -0.2) is 50.7 Å². The molecular weight excluding hydrogens is 380 g/mol. The first-order chi connectivity index (χ1) is 14.7. The van der Waals surface area contributed by atoms with Gasteiger partial charge in [0, 0.05) is 50.8 Å². The number of rotatable bonds is 5. The molecule has 5 rings (SSSR count). The highest BCUT2D eigenvalue weighted by Crippen LogP contribution is 2.31. The number of aromatic nitrogens is 2. The molecule has 1 saturated carbocycles. The van der Waals surface area contributed by atoms with Crippen molar-refractivity contribution in [3.8, 4) is 0 Å². The van der Waals surface area contributed by atoms with Crippen LogP contribution in [0.1, 0.15) is 55.0 Å². The molecule has 1 saturated heterocycles. The largest absolute Gasteiger partial charge is 0.445 e. The number of hydrogen-bond acceptors (Lipinski definition) is 5. The third kappa shape index (κ3) is 3.85. The minimum Gasteiger partial charge on any atom is -0.445 e. The molecule has 2 aromatic heterocycles. The van der Waals surface area contributed by atoms with Gasteiger partial charge in [-0.15, -0.1) is 0 Å². The van der Waals surface area contributed by atoms with E-state index in [1.54, 1.807) is 6.20 Å². The summed E-state index contributed by atoms with van der Waals surface area (Å²) in [5, 5.41) is 0. The van der Waals surface area contributed by atoms with Crippen molar-refractivity contribution in [2.24, 2.45) is 5.92 Å². The highest BCUT2D eigenvalue weighted by Gasteiger charge is 2.41. The number of pyridine rings is 1. The Balaban J connectivity index is 1.20. The average Bonchev–Trinajstić information content (AvgIpc) is 3.51. The Labute approximate surface area is 176 Å². The molecule has 2 amide bonds. The van der Waals surface area contributed by atoms with Gasteiger partial charge in [0.25, 0.3) is 0 Å². The summed E-state index contributed by atoms with van der Waals surface area (Å²) in [6, 6.07) is 4.33. The summed E-state index contributed by atoms with van der Waals surface area (Å²) in [6.07, 6.45) is 10.8. The predicted molar refractivity (Wildman–Crippen MR) is 109 cm³/mol. The van der Waals surface area contributed by atoms with Gasteiger partial charge in [0.05, 0.1) is 12.5 Å². The molecule has 2 aliphatic heterocycles. The molecule has 0 N–H and O–H groups in total. The van der Waals surface area contributed by atoms with Crippen LogP contribution in [0.2, 0.25) is 0 Å². The summed E-state index contributed by atoms with van der Waals surface area (Å²) >= 11 is 0. The van der Waals surface area contributed by atoms with Gasteiger partial charge in [-0.2, -0.15) is 0 Å². The fourth-order valence-electron chi connectivity index (χ4n) is 5.07. The Hall–Kier alpha value is -2.70. The van der Waals surface area contributed by atoms with Crippen molar-refractivity contribution in [2.45, 2.75) is 64.0 Å². The third-order valence-electron chi connectivity index (χ3n) is 6.71. The Bertz CT molecular complexity index is 920. The predicted octanol–water partition coefficient (Wildman–Crippen LogP) is 2.53. The second-order valence-electron chi connectivity index (χ2n) is 8.73. The summed E-state index contributed by atoms with van der Waals surface area (Å²) in [4.78, 5) is 38.2. The van der Waals surface area contributed by atoms with Gasteiger partial charge >= 0.3 is 0 Å². The molecule has 2 fully saturated rings. The summed E-state index contributed by atoms with van der Waals surface area (Å²) < 4.78 is 5.95. The lowest BCUT2D eigenvalue weighted by molar-refractivity contribution is -0.136. The minimum atomic E-state index is -0.211. The lowest BCUT2D eigenvalue weighted by Crippen LogP contribution is -2.41. The topological polar surface area (TPSA) is 79.5 Å². The fourth-order valence-corrected chi connectivity index (χ4v) is 5.07. The number of hydrogen-bond donors (Lipinski definition) is 0. The van der Waals surface area contributed by atoms with Crippen molar-refractivity contribution in [3.05, 3.63) is 47.4 Å². The molecule has 4 heterocycles. The molecule has 0 bridgehead atoms. The zero-order chi connectivity index (χ0) is 20.5. The number of amides is 2.